The lowest BCUT2D eigenvalue weighted by Crippen LogP contribution is -2.19. The molecule has 2 heterocycles. The van der Waals surface area contributed by atoms with Gasteiger partial charge in [-0.2, -0.15) is 0 Å². The predicted molar refractivity (Wildman–Crippen MR) is 364 cm³/mol. The van der Waals surface area contributed by atoms with Crippen LogP contribution in [0.4, 0.5) is 28.4 Å². The van der Waals surface area contributed by atoms with Crippen molar-refractivity contribution in [2.24, 2.45) is 0 Å². The number of fused-ring (bicyclic) bond motifs is 12. The van der Waals surface area contributed by atoms with Crippen molar-refractivity contribution in [3.8, 4) is 33.6 Å². The molecule has 0 amide bonds. The lowest BCUT2D eigenvalue weighted by molar-refractivity contribution is 0.660. The first-order chi connectivity index (χ1) is 42.0. The van der Waals surface area contributed by atoms with Crippen LogP contribution in [0.15, 0.2) is 273 Å². The molecule has 0 bridgehead atoms. The van der Waals surface area contributed by atoms with E-state index >= 15 is 0 Å². The second-order valence-corrected chi connectivity index (χ2v) is 24.9. The van der Waals surface area contributed by atoms with Gasteiger partial charge in [-0.1, -0.05) is 180 Å². The van der Waals surface area contributed by atoms with E-state index in [0.717, 1.165) is 64.6 Å². The third kappa shape index (κ3) is 7.96. The fraction of sp³-hybridized carbons (Fsp3) is 0.122. The summed E-state index contributed by atoms with van der Waals surface area (Å²) in [4.78, 5) is 4.97. The Morgan fingerprint density at radius 2 is 0.942 bits per heavy atom. The maximum Gasteiger partial charge on any atom is 0.0542 e. The summed E-state index contributed by atoms with van der Waals surface area (Å²) < 4.78 is 4.87. The van der Waals surface area contributed by atoms with E-state index in [9.17, 15) is 0 Å². The molecular formula is C82H66N4. The van der Waals surface area contributed by atoms with Gasteiger partial charge in [0.2, 0.25) is 0 Å². The Bertz CT molecular complexity index is 4880. The second-order valence-electron chi connectivity index (χ2n) is 24.9. The van der Waals surface area contributed by atoms with E-state index in [1.165, 1.54) is 105 Å². The van der Waals surface area contributed by atoms with Crippen LogP contribution in [-0.2, 0) is 17.3 Å². The molecule has 4 aliphatic rings. The normalized spacial score (nSPS) is 15.8. The quantitative estimate of drug-likeness (QED) is 0.128. The number of hydrogen-bond donors (Lipinski definition) is 0. The van der Waals surface area contributed by atoms with Crippen LogP contribution in [0.25, 0.3) is 78.5 Å². The van der Waals surface area contributed by atoms with Crippen molar-refractivity contribution in [2.75, 3.05) is 9.80 Å². The highest BCUT2D eigenvalue weighted by Crippen LogP contribution is 2.53. The molecular weight excluding hydrogens is 1040 g/mol. The smallest absolute Gasteiger partial charge is 0.0542 e. The number of para-hydroxylation sites is 2. The first-order valence-electron chi connectivity index (χ1n) is 30.4. The standard InChI is InChI=1S/C82H66N4/c1-7-53-27-43-77-69(47-53)71-49-61(39-45-79(71)85(77)57-19-11-9-12-20-57)83(63-37-41-67-65-23-15-17-25-73(65)81(3,4)75(67)51-63)59-33-29-55(30-34-59)56-31-35-60(36-32-56)84(64-38-42-68-66-24-16-18-26-74(66)82(5,6)76(68)52-64)62-40-46-80-72(50-62)70-48-54(8-2)28-44-78(70)86(80)58-21-13-10-14-22-58/h7-27,29,31-43,45-52,55H,1-2,28,30,44H2,3-6H3. The summed E-state index contributed by atoms with van der Waals surface area (Å²) >= 11 is 0. The molecule has 86 heavy (non-hydrogen) atoms. The van der Waals surface area contributed by atoms with Gasteiger partial charge < -0.3 is 18.9 Å². The molecule has 0 fully saturated rings. The number of allylic oxidation sites excluding steroid dienone is 5. The summed E-state index contributed by atoms with van der Waals surface area (Å²) in [7, 11) is 0. The Morgan fingerprint density at radius 3 is 1.55 bits per heavy atom. The minimum Gasteiger partial charge on any atom is -0.313 e. The molecule has 4 nitrogen and oxygen atoms in total. The van der Waals surface area contributed by atoms with Crippen molar-refractivity contribution in [2.45, 2.75) is 63.7 Å². The van der Waals surface area contributed by atoms with Crippen LogP contribution in [0.5, 0.6) is 0 Å². The summed E-state index contributed by atoms with van der Waals surface area (Å²) in [5.41, 5.74) is 29.4. The number of rotatable bonds is 11. The molecule has 4 aliphatic carbocycles. The predicted octanol–water partition coefficient (Wildman–Crippen LogP) is 21.7. The van der Waals surface area contributed by atoms with Crippen molar-refractivity contribution >= 4 is 73.3 Å². The molecule has 1 unspecified atom stereocenters. The van der Waals surface area contributed by atoms with Crippen LogP contribution in [0.1, 0.15) is 91.1 Å². The van der Waals surface area contributed by atoms with Crippen LogP contribution >= 0.6 is 0 Å². The molecule has 0 saturated heterocycles. The molecule has 0 N–H and O–H groups in total. The van der Waals surface area contributed by atoms with Gasteiger partial charge in [0.15, 0.2) is 0 Å². The van der Waals surface area contributed by atoms with E-state index in [4.69, 9.17) is 0 Å². The highest BCUT2D eigenvalue weighted by Gasteiger charge is 2.38. The van der Waals surface area contributed by atoms with Gasteiger partial charge in [0.1, 0.15) is 0 Å². The van der Waals surface area contributed by atoms with Crippen LogP contribution in [0, 0.1) is 0 Å². The SMILES string of the molecule is C=CC1=Cc2c(n(-c3ccccc3)c3ccc(N(c4ccc(C5C=CC(N(c6ccc7c(c6)C(C)(C)c6ccccc6-7)c6ccc7c(c6)c6cc(C=C)ccc6n7-c6ccccc6)=CC5)cc4)c4ccc5c(c4)C(C)(C)c4ccccc4-5)cc23)CC1. The summed E-state index contributed by atoms with van der Waals surface area (Å²) in [6.45, 7) is 17.9. The van der Waals surface area contributed by atoms with Crippen molar-refractivity contribution in [1.29, 1.82) is 0 Å². The first-order valence-corrected chi connectivity index (χ1v) is 30.4. The average Bonchev–Trinajstić information content (AvgIpc) is 1.84. The minimum absolute atomic E-state index is 0.150. The highest BCUT2D eigenvalue weighted by molar-refractivity contribution is 6.11. The van der Waals surface area contributed by atoms with Gasteiger partial charge in [-0.25, -0.2) is 0 Å². The van der Waals surface area contributed by atoms with E-state index in [-0.39, 0.29) is 16.7 Å². The van der Waals surface area contributed by atoms with Crippen molar-refractivity contribution in [3.05, 3.63) is 318 Å². The van der Waals surface area contributed by atoms with E-state index in [0.29, 0.717) is 0 Å². The Labute approximate surface area is 504 Å². The zero-order chi connectivity index (χ0) is 58.0. The Morgan fingerprint density at radius 1 is 0.442 bits per heavy atom. The van der Waals surface area contributed by atoms with Gasteiger partial charge in [0, 0.05) is 89.7 Å². The summed E-state index contributed by atoms with van der Waals surface area (Å²) in [5.74, 6) is 0.186. The number of benzene rings is 10. The van der Waals surface area contributed by atoms with Crippen LogP contribution < -0.4 is 9.80 Å². The molecule has 2 aromatic heterocycles. The van der Waals surface area contributed by atoms with E-state index in [2.05, 4.69) is 309 Å². The van der Waals surface area contributed by atoms with Crippen molar-refractivity contribution < 1.29 is 0 Å². The van der Waals surface area contributed by atoms with Gasteiger partial charge >= 0.3 is 0 Å². The number of hydrogen-bond acceptors (Lipinski definition) is 2. The van der Waals surface area contributed by atoms with Crippen LogP contribution in [0.2, 0.25) is 0 Å². The second kappa shape index (κ2) is 19.7. The third-order valence-corrected chi connectivity index (χ3v) is 19.5. The highest BCUT2D eigenvalue weighted by atomic mass is 15.2. The number of nitrogens with zero attached hydrogens (tertiary/aromatic N) is 4. The largest absolute Gasteiger partial charge is 0.313 e. The van der Waals surface area contributed by atoms with E-state index < -0.39 is 0 Å². The third-order valence-electron chi connectivity index (χ3n) is 19.5. The monoisotopic (exact) mass is 1110 g/mol. The number of aromatic nitrogens is 2. The van der Waals surface area contributed by atoms with Crippen molar-refractivity contribution in [3.63, 3.8) is 0 Å². The fourth-order valence-electron chi connectivity index (χ4n) is 15.1. The summed E-state index contributed by atoms with van der Waals surface area (Å²) in [5, 5.41) is 3.65. The molecule has 0 saturated carbocycles. The lowest BCUT2D eigenvalue weighted by atomic mass is 9.82. The lowest BCUT2D eigenvalue weighted by Gasteiger charge is -2.31. The fourth-order valence-corrected chi connectivity index (χ4v) is 15.1. The first kappa shape index (κ1) is 51.5. The van der Waals surface area contributed by atoms with Crippen molar-refractivity contribution in [1.82, 2.24) is 9.13 Å². The van der Waals surface area contributed by atoms with Gasteiger partial charge in [0.25, 0.3) is 0 Å². The molecule has 4 heteroatoms. The Hall–Kier alpha value is -10.2. The van der Waals surface area contributed by atoms with Crippen LogP contribution in [0.3, 0.4) is 0 Å². The number of anilines is 5. The molecule has 12 aromatic rings. The molecule has 414 valence electrons. The van der Waals surface area contributed by atoms with Gasteiger partial charge in [-0.3, -0.25) is 0 Å². The maximum atomic E-state index is 4.22. The molecule has 0 radical (unpaired) electrons. The van der Waals surface area contributed by atoms with Gasteiger partial charge in [0.05, 0.1) is 16.6 Å². The minimum atomic E-state index is -0.151. The van der Waals surface area contributed by atoms with E-state index in [1.54, 1.807) is 0 Å². The zero-order valence-electron chi connectivity index (χ0n) is 49.2. The molecule has 0 spiro atoms. The summed E-state index contributed by atoms with van der Waals surface area (Å²) in [6, 6.07) is 84.0. The molecule has 16 rings (SSSR count). The Kier molecular flexibility index (Phi) is 11.8. The molecule has 10 aromatic carbocycles. The molecule has 1 atom stereocenters. The molecule has 0 aliphatic heterocycles. The maximum absolute atomic E-state index is 4.22. The van der Waals surface area contributed by atoms with Crippen LogP contribution in [-0.4, -0.2) is 9.13 Å². The van der Waals surface area contributed by atoms with Gasteiger partial charge in [-0.05, 0) is 202 Å². The van der Waals surface area contributed by atoms with E-state index in [1.807, 2.05) is 12.2 Å². The van der Waals surface area contributed by atoms with Gasteiger partial charge in [-0.15, -0.1) is 0 Å². The topological polar surface area (TPSA) is 16.3 Å². The summed E-state index contributed by atoms with van der Waals surface area (Å²) in [6.07, 6.45) is 16.4. The average molecular weight is 1110 g/mol. The zero-order valence-corrected chi connectivity index (χ0v) is 49.2. The Balaban J connectivity index is 0.790.